The second-order valence-corrected chi connectivity index (χ2v) is 4.16. The first-order chi connectivity index (χ1) is 6.88. The van der Waals surface area contributed by atoms with Crippen molar-refractivity contribution >= 4 is 35.8 Å². The van der Waals surface area contributed by atoms with Crippen molar-refractivity contribution in [2.24, 2.45) is 0 Å². The number of rotatable bonds is 2. The van der Waals surface area contributed by atoms with Gasteiger partial charge in [-0.15, -0.1) is 24.8 Å². The SMILES string of the molecule is Cl.Cl.[SiH4].[Ti][CH](c1ccccc1)c1ccccc1. The number of halogens is 2. The van der Waals surface area contributed by atoms with E-state index >= 15 is 0 Å². The monoisotopic (exact) mass is 319 g/mol. The summed E-state index contributed by atoms with van der Waals surface area (Å²) < 4.78 is 0.484. The molecule has 2 rings (SSSR count). The first-order valence-electron chi connectivity index (χ1n) is 4.69. The Balaban J connectivity index is 0. The maximum absolute atomic E-state index is 2.24. The third-order valence-corrected chi connectivity index (χ3v) is 3.31. The van der Waals surface area contributed by atoms with E-state index in [1.165, 1.54) is 11.1 Å². The normalized spacial score (nSPS) is 8.47. The minimum atomic E-state index is 0. The second kappa shape index (κ2) is 9.93. The fourth-order valence-corrected chi connectivity index (χ4v) is 2.08. The molecule has 0 amide bonds. The number of hydrogen-bond acceptors (Lipinski definition) is 0. The zero-order chi connectivity index (χ0) is 9.80. The fraction of sp³-hybridized carbons (Fsp3) is 0.0769. The first kappa shape index (κ1) is 19.3. The van der Waals surface area contributed by atoms with Crippen LogP contribution in [0.1, 0.15) is 15.3 Å². The van der Waals surface area contributed by atoms with Crippen molar-refractivity contribution in [3.05, 3.63) is 71.8 Å². The average molecular weight is 320 g/mol. The number of hydrogen-bond donors (Lipinski definition) is 0. The van der Waals surface area contributed by atoms with Gasteiger partial charge in [-0.3, -0.25) is 0 Å². The van der Waals surface area contributed by atoms with Crippen LogP contribution in [-0.4, -0.2) is 11.0 Å². The van der Waals surface area contributed by atoms with E-state index in [9.17, 15) is 0 Å². The first-order valence-corrected chi connectivity index (χ1v) is 5.59. The Labute approximate surface area is 131 Å². The standard InChI is InChI=1S/C13H11.2ClH.H4Si.Ti/c1-3-7-12(8-4-1)11-13-9-5-2-6-10-13;;;;/h1-11H;2*1H;1H4;. The van der Waals surface area contributed by atoms with Gasteiger partial charge in [-0.1, -0.05) is 0 Å². The molecule has 2 aromatic carbocycles. The maximum atomic E-state index is 2.24. The molecule has 0 saturated heterocycles. The van der Waals surface area contributed by atoms with Crippen molar-refractivity contribution in [2.75, 3.05) is 0 Å². The molecule has 0 unspecified atom stereocenters. The van der Waals surface area contributed by atoms with Crippen molar-refractivity contribution in [3.8, 4) is 0 Å². The molecular formula is C13H17Cl2SiTi. The topological polar surface area (TPSA) is 0 Å². The minimum absolute atomic E-state index is 0. The Hall–Kier alpha value is -0.0488. The van der Waals surface area contributed by atoms with Gasteiger partial charge >= 0.3 is 96.4 Å². The van der Waals surface area contributed by atoms with Crippen LogP contribution >= 0.6 is 24.8 Å². The molecule has 0 radical (unpaired) electrons. The van der Waals surface area contributed by atoms with Gasteiger partial charge in [0.25, 0.3) is 0 Å². The van der Waals surface area contributed by atoms with Gasteiger partial charge < -0.3 is 0 Å². The third kappa shape index (κ3) is 5.41. The summed E-state index contributed by atoms with van der Waals surface area (Å²) in [5.41, 5.74) is 2.75. The van der Waals surface area contributed by atoms with E-state index in [4.69, 9.17) is 0 Å². The zero-order valence-corrected chi connectivity index (χ0v) is 11.9. The van der Waals surface area contributed by atoms with Crippen LogP contribution in [0.4, 0.5) is 0 Å². The van der Waals surface area contributed by atoms with Crippen LogP contribution in [0, 0.1) is 0 Å². The van der Waals surface area contributed by atoms with Gasteiger partial charge in [-0.2, -0.15) is 0 Å². The van der Waals surface area contributed by atoms with Crippen molar-refractivity contribution < 1.29 is 20.4 Å². The van der Waals surface area contributed by atoms with Gasteiger partial charge in [-0.05, 0) is 11.0 Å². The summed E-state index contributed by atoms with van der Waals surface area (Å²) in [4.78, 5) is 0. The molecule has 0 aliphatic heterocycles. The third-order valence-electron chi connectivity index (χ3n) is 2.27. The quantitative estimate of drug-likeness (QED) is 0.747. The molecule has 0 nitrogen and oxygen atoms in total. The van der Waals surface area contributed by atoms with Crippen molar-refractivity contribution in [3.63, 3.8) is 0 Å². The van der Waals surface area contributed by atoms with Crippen molar-refractivity contribution in [2.45, 2.75) is 4.22 Å². The number of benzene rings is 2. The van der Waals surface area contributed by atoms with Crippen molar-refractivity contribution in [1.29, 1.82) is 0 Å². The molecule has 0 aliphatic rings. The van der Waals surface area contributed by atoms with Gasteiger partial charge in [0, 0.05) is 0 Å². The van der Waals surface area contributed by atoms with E-state index in [1.54, 1.807) is 0 Å². The molecule has 91 valence electrons. The van der Waals surface area contributed by atoms with Gasteiger partial charge in [-0.25, -0.2) is 0 Å². The molecule has 2 aromatic rings. The van der Waals surface area contributed by atoms with Crippen LogP contribution < -0.4 is 0 Å². The molecule has 0 aliphatic carbocycles. The second-order valence-electron chi connectivity index (χ2n) is 3.25. The van der Waals surface area contributed by atoms with E-state index in [-0.39, 0.29) is 35.8 Å². The molecule has 0 bridgehead atoms. The molecule has 0 aromatic heterocycles. The summed E-state index contributed by atoms with van der Waals surface area (Å²) in [5.74, 6) is 0. The van der Waals surface area contributed by atoms with Crippen LogP contribution in [0.25, 0.3) is 0 Å². The predicted molar refractivity (Wildman–Crippen MR) is 80.6 cm³/mol. The Kier molecular flexibility index (Phi) is 11.3. The molecular weight excluding hydrogens is 303 g/mol. The van der Waals surface area contributed by atoms with Crippen LogP contribution in [-0.2, 0) is 20.4 Å². The fourth-order valence-electron chi connectivity index (χ4n) is 1.48. The van der Waals surface area contributed by atoms with E-state index in [0.717, 1.165) is 0 Å². The molecule has 0 saturated carbocycles. The molecule has 0 atom stereocenters. The average Bonchev–Trinajstić information content (AvgIpc) is 2.30. The molecule has 0 N–H and O–H groups in total. The Morgan fingerprint density at radius 1 is 0.647 bits per heavy atom. The molecule has 0 fully saturated rings. The van der Waals surface area contributed by atoms with Crippen LogP contribution in [0.5, 0.6) is 0 Å². The van der Waals surface area contributed by atoms with Crippen LogP contribution in [0.2, 0.25) is 0 Å². The van der Waals surface area contributed by atoms with E-state index in [2.05, 4.69) is 81.1 Å². The van der Waals surface area contributed by atoms with Gasteiger partial charge in [0.2, 0.25) is 0 Å². The van der Waals surface area contributed by atoms with Gasteiger partial charge in [0.1, 0.15) is 0 Å². The van der Waals surface area contributed by atoms with E-state index in [0.29, 0.717) is 4.22 Å². The molecule has 0 heterocycles. The van der Waals surface area contributed by atoms with E-state index < -0.39 is 0 Å². The molecule has 4 heteroatoms. The van der Waals surface area contributed by atoms with Crippen LogP contribution in [0.3, 0.4) is 0 Å². The Morgan fingerprint density at radius 2 is 0.941 bits per heavy atom. The zero-order valence-electron chi connectivity index (χ0n) is 8.67. The summed E-state index contributed by atoms with van der Waals surface area (Å²) in [7, 11) is 0. The summed E-state index contributed by atoms with van der Waals surface area (Å²) in [6.07, 6.45) is 0. The summed E-state index contributed by atoms with van der Waals surface area (Å²) in [5, 5.41) is 0. The molecule has 0 spiro atoms. The summed E-state index contributed by atoms with van der Waals surface area (Å²) in [6, 6.07) is 21.2. The van der Waals surface area contributed by atoms with Crippen LogP contribution in [0.15, 0.2) is 60.7 Å². The predicted octanol–water partition coefficient (Wildman–Crippen LogP) is 2.71. The Morgan fingerprint density at radius 3 is 1.24 bits per heavy atom. The summed E-state index contributed by atoms with van der Waals surface area (Å²) >= 11 is 2.24. The van der Waals surface area contributed by atoms with Gasteiger partial charge in [0.05, 0.1) is 0 Å². The summed E-state index contributed by atoms with van der Waals surface area (Å²) in [6.45, 7) is 0. The van der Waals surface area contributed by atoms with E-state index in [1.807, 2.05) is 0 Å². The van der Waals surface area contributed by atoms with Gasteiger partial charge in [0.15, 0.2) is 0 Å². The Bertz CT molecular complexity index is 355. The molecule has 17 heavy (non-hydrogen) atoms. The van der Waals surface area contributed by atoms with Crippen molar-refractivity contribution in [1.82, 2.24) is 0 Å².